The molecule has 0 radical (unpaired) electrons. The van der Waals surface area contributed by atoms with E-state index < -0.39 is 5.91 Å². The van der Waals surface area contributed by atoms with Crippen molar-refractivity contribution in [1.82, 2.24) is 10.9 Å². The number of hydrazine groups is 1. The van der Waals surface area contributed by atoms with Crippen molar-refractivity contribution in [2.75, 3.05) is 19.8 Å². The average Bonchev–Trinajstić information content (AvgIpc) is 2.78. The lowest BCUT2D eigenvalue weighted by Gasteiger charge is -2.09. The zero-order valence-electron chi connectivity index (χ0n) is 18.5. The molecule has 6 nitrogen and oxygen atoms in total. The van der Waals surface area contributed by atoms with Crippen LogP contribution in [-0.4, -0.2) is 31.6 Å². The second-order valence-corrected chi connectivity index (χ2v) is 7.66. The molecule has 6 heteroatoms. The summed E-state index contributed by atoms with van der Waals surface area (Å²) in [6.07, 6.45) is 7.31. The van der Waals surface area contributed by atoms with Crippen molar-refractivity contribution in [2.24, 2.45) is 5.73 Å². The summed E-state index contributed by atoms with van der Waals surface area (Å²) >= 11 is 0. The summed E-state index contributed by atoms with van der Waals surface area (Å²) in [7, 11) is 0. The predicted molar refractivity (Wildman–Crippen MR) is 124 cm³/mol. The van der Waals surface area contributed by atoms with Gasteiger partial charge in [-0.3, -0.25) is 15.0 Å². The third-order valence-electron chi connectivity index (χ3n) is 5.03. The maximum absolute atomic E-state index is 12.3. The SMILES string of the molecule is CCCOCCCCCCCNNC(=O)c1ccc(Cc2ccccc2C(N)=O)cc1. The molecule has 2 amide bonds. The van der Waals surface area contributed by atoms with E-state index >= 15 is 0 Å². The summed E-state index contributed by atoms with van der Waals surface area (Å²) in [6.45, 7) is 4.59. The highest BCUT2D eigenvalue weighted by Crippen LogP contribution is 2.15. The van der Waals surface area contributed by atoms with Gasteiger partial charge in [-0.25, -0.2) is 5.43 Å². The lowest BCUT2D eigenvalue weighted by molar-refractivity contribution is 0.0932. The Kier molecular flexibility index (Phi) is 11.4. The van der Waals surface area contributed by atoms with E-state index in [1.807, 2.05) is 24.3 Å². The van der Waals surface area contributed by atoms with E-state index in [4.69, 9.17) is 10.5 Å². The van der Waals surface area contributed by atoms with E-state index in [1.165, 1.54) is 12.8 Å². The lowest BCUT2D eigenvalue weighted by atomic mass is 9.98. The minimum absolute atomic E-state index is 0.155. The molecule has 2 aromatic rings. The Labute approximate surface area is 185 Å². The van der Waals surface area contributed by atoms with Gasteiger partial charge in [0.2, 0.25) is 5.91 Å². The van der Waals surface area contributed by atoms with Gasteiger partial charge in [0.05, 0.1) is 0 Å². The first-order valence-electron chi connectivity index (χ1n) is 11.2. The van der Waals surface area contributed by atoms with Crippen molar-refractivity contribution in [3.8, 4) is 0 Å². The molecular weight excluding hydrogens is 390 g/mol. The van der Waals surface area contributed by atoms with E-state index in [-0.39, 0.29) is 5.91 Å². The smallest absolute Gasteiger partial charge is 0.265 e. The van der Waals surface area contributed by atoms with E-state index in [0.29, 0.717) is 17.5 Å². The van der Waals surface area contributed by atoms with Gasteiger partial charge in [0.15, 0.2) is 0 Å². The van der Waals surface area contributed by atoms with E-state index in [9.17, 15) is 9.59 Å². The summed E-state index contributed by atoms with van der Waals surface area (Å²) in [4.78, 5) is 23.8. The van der Waals surface area contributed by atoms with Gasteiger partial charge < -0.3 is 10.5 Å². The second kappa shape index (κ2) is 14.3. The van der Waals surface area contributed by atoms with Gasteiger partial charge in [-0.2, -0.15) is 0 Å². The molecule has 2 rings (SSSR count). The molecule has 0 fully saturated rings. The Hall–Kier alpha value is -2.70. The van der Waals surface area contributed by atoms with Crippen LogP contribution in [0.15, 0.2) is 48.5 Å². The van der Waals surface area contributed by atoms with Crippen LogP contribution in [0.2, 0.25) is 0 Å². The van der Waals surface area contributed by atoms with Crippen LogP contribution in [0.4, 0.5) is 0 Å². The Morgan fingerprint density at radius 2 is 1.61 bits per heavy atom. The van der Waals surface area contributed by atoms with Crippen LogP contribution in [0.5, 0.6) is 0 Å². The summed E-state index contributed by atoms with van der Waals surface area (Å²) < 4.78 is 5.47. The quantitative estimate of drug-likeness (QED) is 0.297. The third kappa shape index (κ3) is 9.32. The highest BCUT2D eigenvalue weighted by Gasteiger charge is 2.09. The van der Waals surface area contributed by atoms with Crippen LogP contribution in [0.1, 0.15) is 77.3 Å². The van der Waals surface area contributed by atoms with Gasteiger partial charge in [0.1, 0.15) is 0 Å². The van der Waals surface area contributed by atoms with E-state index in [2.05, 4.69) is 17.8 Å². The molecule has 4 N–H and O–H groups in total. The summed E-state index contributed by atoms with van der Waals surface area (Å²) in [5, 5.41) is 0. The number of carbonyl (C=O) groups is 2. The molecule has 31 heavy (non-hydrogen) atoms. The molecule has 0 unspecified atom stereocenters. The zero-order valence-corrected chi connectivity index (χ0v) is 18.5. The number of ether oxygens (including phenoxy) is 1. The normalized spacial score (nSPS) is 10.7. The molecule has 0 saturated heterocycles. The molecule has 0 atom stereocenters. The maximum atomic E-state index is 12.3. The molecule has 168 valence electrons. The fourth-order valence-corrected chi connectivity index (χ4v) is 3.32. The van der Waals surface area contributed by atoms with Gasteiger partial charge >= 0.3 is 0 Å². The molecule has 0 heterocycles. The number of hydrogen-bond donors (Lipinski definition) is 3. The topological polar surface area (TPSA) is 93.4 Å². The standard InChI is InChI=1S/C25H35N3O3/c1-2-17-31-18-9-5-3-4-8-16-27-28-25(30)21-14-12-20(13-15-21)19-22-10-6-7-11-23(22)24(26)29/h6-7,10-15,27H,2-5,8-9,16-19H2,1H3,(H2,26,29)(H,28,30). The van der Waals surface area contributed by atoms with Crippen molar-refractivity contribution in [3.05, 3.63) is 70.8 Å². The highest BCUT2D eigenvalue weighted by atomic mass is 16.5. The number of rotatable bonds is 15. The Balaban J connectivity index is 1.64. The second-order valence-electron chi connectivity index (χ2n) is 7.66. The fourth-order valence-electron chi connectivity index (χ4n) is 3.32. The summed E-state index contributed by atoms with van der Waals surface area (Å²) in [5.74, 6) is -0.587. The van der Waals surface area contributed by atoms with Gasteiger partial charge in [-0.05, 0) is 55.0 Å². The first-order chi connectivity index (χ1) is 15.1. The maximum Gasteiger partial charge on any atom is 0.265 e. The van der Waals surface area contributed by atoms with Crippen LogP contribution < -0.4 is 16.6 Å². The molecule has 0 spiro atoms. The van der Waals surface area contributed by atoms with Crippen molar-refractivity contribution in [1.29, 1.82) is 0 Å². The largest absolute Gasteiger partial charge is 0.381 e. The van der Waals surface area contributed by atoms with E-state index in [0.717, 1.165) is 56.6 Å². The number of nitrogens with one attached hydrogen (secondary N) is 2. The first kappa shape index (κ1) is 24.6. The monoisotopic (exact) mass is 425 g/mol. The molecule has 0 bridgehead atoms. The molecule has 0 aliphatic rings. The molecule has 0 aromatic heterocycles. The van der Waals surface area contributed by atoms with Crippen LogP contribution in [0.3, 0.4) is 0 Å². The average molecular weight is 426 g/mol. The Morgan fingerprint density at radius 3 is 2.35 bits per heavy atom. The van der Waals surface area contributed by atoms with Gasteiger partial charge in [-0.1, -0.05) is 56.5 Å². The predicted octanol–water partition coefficient (Wildman–Crippen LogP) is 3.99. The first-order valence-corrected chi connectivity index (χ1v) is 11.2. The molecule has 0 aliphatic heterocycles. The number of hydrogen-bond acceptors (Lipinski definition) is 4. The summed E-state index contributed by atoms with van der Waals surface area (Å²) in [6, 6.07) is 14.7. The highest BCUT2D eigenvalue weighted by molar-refractivity contribution is 5.94. The van der Waals surface area contributed by atoms with Crippen LogP contribution >= 0.6 is 0 Å². The van der Waals surface area contributed by atoms with Gasteiger partial charge in [0, 0.05) is 30.9 Å². The number of amides is 2. The minimum atomic E-state index is -0.432. The van der Waals surface area contributed by atoms with Crippen molar-refractivity contribution >= 4 is 11.8 Å². The van der Waals surface area contributed by atoms with Gasteiger partial charge in [-0.15, -0.1) is 0 Å². The Morgan fingerprint density at radius 1 is 0.903 bits per heavy atom. The number of unbranched alkanes of at least 4 members (excludes halogenated alkanes) is 4. The third-order valence-corrected chi connectivity index (χ3v) is 5.03. The zero-order chi connectivity index (χ0) is 22.3. The van der Waals surface area contributed by atoms with Crippen molar-refractivity contribution in [3.63, 3.8) is 0 Å². The summed E-state index contributed by atoms with van der Waals surface area (Å²) in [5.41, 5.74) is 14.2. The van der Waals surface area contributed by atoms with Gasteiger partial charge in [0.25, 0.3) is 5.91 Å². The molecule has 2 aromatic carbocycles. The van der Waals surface area contributed by atoms with Crippen LogP contribution in [0.25, 0.3) is 0 Å². The molecule has 0 aliphatic carbocycles. The van der Waals surface area contributed by atoms with Crippen molar-refractivity contribution in [2.45, 2.75) is 51.9 Å². The number of benzene rings is 2. The van der Waals surface area contributed by atoms with Crippen LogP contribution in [0, 0.1) is 0 Å². The fraction of sp³-hybridized carbons (Fsp3) is 0.440. The van der Waals surface area contributed by atoms with Crippen LogP contribution in [-0.2, 0) is 11.2 Å². The van der Waals surface area contributed by atoms with Crippen molar-refractivity contribution < 1.29 is 14.3 Å². The molecular formula is C25H35N3O3. The Bertz CT molecular complexity index is 806. The number of primary amides is 1. The number of carbonyl (C=O) groups excluding carboxylic acids is 2. The molecule has 0 saturated carbocycles. The minimum Gasteiger partial charge on any atom is -0.381 e. The number of nitrogens with two attached hydrogens (primary N) is 1. The lowest BCUT2D eigenvalue weighted by Crippen LogP contribution is -2.37. The van der Waals surface area contributed by atoms with E-state index in [1.54, 1.807) is 24.3 Å².